The maximum Gasteiger partial charge on any atom is 0.153 e. The van der Waals surface area contributed by atoms with E-state index in [4.69, 9.17) is 4.74 Å². The summed E-state index contributed by atoms with van der Waals surface area (Å²) in [4.78, 5) is 2.28. The van der Waals surface area contributed by atoms with Crippen LogP contribution in [0.25, 0.3) is 0 Å². The molecule has 0 N–H and O–H groups in total. The van der Waals surface area contributed by atoms with Crippen molar-refractivity contribution in [3.8, 4) is 5.75 Å². The smallest absolute Gasteiger partial charge is 0.153 e. The maximum atomic E-state index is 11.5. The van der Waals surface area contributed by atoms with E-state index in [1.54, 1.807) is 7.11 Å². The highest BCUT2D eigenvalue weighted by Crippen LogP contribution is 2.16. The molecule has 4 nitrogen and oxygen atoms in total. The summed E-state index contributed by atoms with van der Waals surface area (Å²) in [5, 5.41) is 0. The van der Waals surface area contributed by atoms with Gasteiger partial charge >= 0.3 is 0 Å². The van der Waals surface area contributed by atoms with Gasteiger partial charge < -0.3 is 4.74 Å². The molecule has 0 unspecified atom stereocenters. The second kappa shape index (κ2) is 6.59. The summed E-state index contributed by atoms with van der Waals surface area (Å²) < 4.78 is 28.3. The van der Waals surface area contributed by atoms with Crippen molar-refractivity contribution in [2.75, 3.05) is 31.7 Å². The lowest BCUT2D eigenvalue weighted by molar-refractivity contribution is 0.224. The molecule has 112 valence electrons. The second-order valence-electron chi connectivity index (χ2n) is 5.45. The minimum Gasteiger partial charge on any atom is -0.497 e. The Bertz CT molecular complexity index is 542. The average Bonchev–Trinajstić information content (AvgIpc) is 2.41. The number of rotatable bonds is 5. The SMILES string of the molecule is COc1cccc(CCCN2CCS(=O)(=O)C[C@H]2C)c1. The minimum absolute atomic E-state index is 0.138. The van der Waals surface area contributed by atoms with Gasteiger partial charge in [-0.15, -0.1) is 0 Å². The van der Waals surface area contributed by atoms with Crippen LogP contribution in [0.2, 0.25) is 0 Å². The van der Waals surface area contributed by atoms with Gasteiger partial charge in [-0.05, 0) is 44.0 Å². The van der Waals surface area contributed by atoms with Crippen LogP contribution in [0.4, 0.5) is 0 Å². The fourth-order valence-corrected chi connectivity index (χ4v) is 4.30. The largest absolute Gasteiger partial charge is 0.497 e. The number of ether oxygens (including phenoxy) is 1. The zero-order chi connectivity index (χ0) is 14.6. The molecule has 0 saturated carbocycles. The number of hydrogen-bond acceptors (Lipinski definition) is 4. The first-order valence-corrected chi connectivity index (χ1v) is 8.90. The Kier molecular flexibility index (Phi) is 5.05. The molecule has 1 aliphatic heterocycles. The summed E-state index contributed by atoms with van der Waals surface area (Å²) >= 11 is 0. The zero-order valence-corrected chi connectivity index (χ0v) is 13.0. The summed E-state index contributed by atoms with van der Waals surface area (Å²) in [7, 11) is -1.13. The molecule has 1 saturated heterocycles. The molecular weight excluding hydrogens is 274 g/mol. The third-order valence-corrected chi connectivity index (χ3v) is 5.65. The van der Waals surface area contributed by atoms with Crippen molar-refractivity contribution in [2.45, 2.75) is 25.8 Å². The van der Waals surface area contributed by atoms with Crippen molar-refractivity contribution >= 4 is 9.84 Å². The Morgan fingerprint density at radius 1 is 1.40 bits per heavy atom. The normalized spacial score (nSPS) is 22.6. The van der Waals surface area contributed by atoms with E-state index in [2.05, 4.69) is 17.0 Å². The fraction of sp³-hybridized carbons (Fsp3) is 0.600. The van der Waals surface area contributed by atoms with Crippen LogP contribution in [0.1, 0.15) is 18.9 Å². The number of sulfone groups is 1. The predicted molar refractivity (Wildman–Crippen MR) is 81.0 cm³/mol. The van der Waals surface area contributed by atoms with Crippen LogP contribution in [0.5, 0.6) is 5.75 Å². The predicted octanol–water partition coefficient (Wildman–Crippen LogP) is 1.75. The first-order chi connectivity index (χ1) is 9.50. The van der Waals surface area contributed by atoms with Gasteiger partial charge in [-0.3, -0.25) is 4.90 Å². The second-order valence-corrected chi connectivity index (χ2v) is 7.68. The van der Waals surface area contributed by atoms with E-state index in [9.17, 15) is 8.42 Å². The third-order valence-electron chi connectivity index (χ3n) is 3.85. The number of hydrogen-bond donors (Lipinski definition) is 0. The van der Waals surface area contributed by atoms with E-state index < -0.39 is 9.84 Å². The quantitative estimate of drug-likeness (QED) is 0.830. The van der Waals surface area contributed by atoms with Crippen LogP contribution in [0.3, 0.4) is 0 Å². The Morgan fingerprint density at radius 2 is 2.20 bits per heavy atom. The van der Waals surface area contributed by atoms with Crippen molar-refractivity contribution in [3.05, 3.63) is 29.8 Å². The Hall–Kier alpha value is -1.07. The lowest BCUT2D eigenvalue weighted by Gasteiger charge is -2.33. The highest BCUT2D eigenvalue weighted by Gasteiger charge is 2.27. The number of benzene rings is 1. The average molecular weight is 297 g/mol. The summed E-state index contributed by atoms with van der Waals surface area (Å²) in [6.45, 7) is 3.62. The molecule has 5 heteroatoms. The lowest BCUT2D eigenvalue weighted by Crippen LogP contribution is -2.47. The molecule has 0 amide bonds. The van der Waals surface area contributed by atoms with E-state index in [1.165, 1.54) is 5.56 Å². The molecule has 1 aromatic carbocycles. The van der Waals surface area contributed by atoms with E-state index in [0.29, 0.717) is 18.1 Å². The molecule has 0 aliphatic carbocycles. The van der Waals surface area contributed by atoms with E-state index in [-0.39, 0.29) is 6.04 Å². The van der Waals surface area contributed by atoms with Crippen LogP contribution < -0.4 is 4.74 Å². The zero-order valence-electron chi connectivity index (χ0n) is 12.2. The molecule has 0 spiro atoms. The van der Waals surface area contributed by atoms with Gasteiger partial charge in [0, 0.05) is 12.6 Å². The molecule has 1 aliphatic rings. The van der Waals surface area contributed by atoms with Gasteiger partial charge in [0.05, 0.1) is 18.6 Å². The fourth-order valence-electron chi connectivity index (χ4n) is 2.68. The van der Waals surface area contributed by atoms with Gasteiger partial charge in [0.25, 0.3) is 0 Å². The molecule has 0 bridgehead atoms. The van der Waals surface area contributed by atoms with Crippen molar-refractivity contribution in [3.63, 3.8) is 0 Å². The monoisotopic (exact) mass is 297 g/mol. The number of methoxy groups -OCH3 is 1. The molecule has 0 radical (unpaired) electrons. The topological polar surface area (TPSA) is 46.6 Å². The van der Waals surface area contributed by atoms with E-state index in [0.717, 1.165) is 25.1 Å². The Balaban J connectivity index is 1.81. The van der Waals surface area contributed by atoms with Crippen LogP contribution in [-0.2, 0) is 16.3 Å². The van der Waals surface area contributed by atoms with Crippen molar-refractivity contribution in [2.24, 2.45) is 0 Å². The van der Waals surface area contributed by atoms with Crippen molar-refractivity contribution in [1.29, 1.82) is 0 Å². The minimum atomic E-state index is -2.81. The summed E-state index contributed by atoms with van der Waals surface area (Å²) in [5.41, 5.74) is 1.27. The van der Waals surface area contributed by atoms with Crippen molar-refractivity contribution < 1.29 is 13.2 Å². The summed E-state index contributed by atoms with van der Waals surface area (Å²) in [5.74, 6) is 1.49. The van der Waals surface area contributed by atoms with E-state index >= 15 is 0 Å². The molecule has 0 aromatic heterocycles. The van der Waals surface area contributed by atoms with Crippen LogP contribution in [0, 0.1) is 0 Å². The maximum absolute atomic E-state index is 11.5. The van der Waals surface area contributed by atoms with E-state index in [1.807, 2.05) is 19.1 Å². The Labute approximate surface area is 121 Å². The van der Waals surface area contributed by atoms with Gasteiger partial charge in [0.15, 0.2) is 9.84 Å². The van der Waals surface area contributed by atoms with Crippen LogP contribution in [-0.4, -0.2) is 51.1 Å². The third kappa shape index (κ3) is 4.21. The van der Waals surface area contributed by atoms with Gasteiger partial charge in [-0.25, -0.2) is 8.42 Å². The highest BCUT2D eigenvalue weighted by molar-refractivity contribution is 7.91. The molecule has 20 heavy (non-hydrogen) atoms. The lowest BCUT2D eigenvalue weighted by atomic mass is 10.1. The molecule has 1 atom stereocenters. The van der Waals surface area contributed by atoms with Gasteiger partial charge in [-0.1, -0.05) is 12.1 Å². The first-order valence-electron chi connectivity index (χ1n) is 7.07. The van der Waals surface area contributed by atoms with Crippen LogP contribution in [0.15, 0.2) is 24.3 Å². The summed E-state index contributed by atoms with van der Waals surface area (Å²) in [6, 6.07) is 8.25. The highest BCUT2D eigenvalue weighted by atomic mass is 32.2. The molecule has 1 fully saturated rings. The molecule has 2 rings (SSSR count). The van der Waals surface area contributed by atoms with Gasteiger partial charge in [0.1, 0.15) is 5.75 Å². The van der Waals surface area contributed by atoms with Crippen LogP contribution >= 0.6 is 0 Å². The molecular formula is C15H23NO3S. The molecule has 1 aromatic rings. The molecule has 1 heterocycles. The number of aryl methyl sites for hydroxylation is 1. The van der Waals surface area contributed by atoms with Gasteiger partial charge in [-0.2, -0.15) is 0 Å². The number of nitrogens with zero attached hydrogens (tertiary/aromatic N) is 1. The van der Waals surface area contributed by atoms with Gasteiger partial charge in [0.2, 0.25) is 0 Å². The summed E-state index contributed by atoms with van der Waals surface area (Å²) in [6.07, 6.45) is 2.03. The standard InChI is InChI=1S/C15H23NO3S/c1-13-12-20(17,18)10-9-16(13)8-4-6-14-5-3-7-15(11-14)19-2/h3,5,7,11,13H,4,6,8-10,12H2,1-2H3/t13-/m1/s1. The Morgan fingerprint density at radius 3 is 2.90 bits per heavy atom. The first kappa shape index (κ1) is 15.3. The van der Waals surface area contributed by atoms with Crippen molar-refractivity contribution in [1.82, 2.24) is 4.90 Å².